The van der Waals surface area contributed by atoms with Gasteiger partial charge in [-0.3, -0.25) is 0 Å². The first-order chi connectivity index (χ1) is 13.8. The normalized spacial score (nSPS) is 12.5. The third-order valence-corrected chi connectivity index (χ3v) is 4.76. The van der Waals surface area contributed by atoms with Gasteiger partial charge in [-0.15, -0.1) is 0 Å². The lowest BCUT2D eigenvalue weighted by Gasteiger charge is -2.23. The van der Waals surface area contributed by atoms with Crippen LogP contribution < -0.4 is 9.47 Å². The maximum Gasteiger partial charge on any atom is 0.120 e. The predicted octanol–water partition coefficient (Wildman–Crippen LogP) is 7.62. The number of hydrogen-bond donors (Lipinski definition) is 0. The van der Waals surface area contributed by atoms with Gasteiger partial charge in [-0.1, -0.05) is 69.2 Å². The van der Waals surface area contributed by atoms with E-state index in [4.69, 9.17) is 9.47 Å². The molecule has 0 saturated carbocycles. The second-order valence-corrected chi connectivity index (χ2v) is 11.2. The van der Waals surface area contributed by atoms with Gasteiger partial charge in [0, 0.05) is 0 Å². The molecule has 0 aliphatic carbocycles. The van der Waals surface area contributed by atoms with Crippen LogP contribution in [0.2, 0.25) is 0 Å². The summed E-state index contributed by atoms with van der Waals surface area (Å²) in [7, 11) is 0. The van der Waals surface area contributed by atoms with Gasteiger partial charge in [0.25, 0.3) is 0 Å². The van der Waals surface area contributed by atoms with Crippen LogP contribution in [-0.2, 0) is 10.8 Å². The van der Waals surface area contributed by atoms with E-state index in [0.717, 1.165) is 33.8 Å². The Bertz CT molecular complexity index is 761. The van der Waals surface area contributed by atoms with Crippen molar-refractivity contribution in [3.8, 4) is 22.6 Å². The number of benzene rings is 2. The van der Waals surface area contributed by atoms with E-state index in [-0.39, 0.29) is 10.8 Å². The highest BCUT2D eigenvalue weighted by molar-refractivity contribution is 5.68. The quantitative estimate of drug-likeness (QED) is 0.469. The molecule has 0 bridgehead atoms. The van der Waals surface area contributed by atoms with Crippen molar-refractivity contribution in [3.63, 3.8) is 0 Å². The molecule has 2 aromatic rings. The summed E-state index contributed by atoms with van der Waals surface area (Å²) in [5, 5.41) is 0. The first-order valence-corrected chi connectivity index (χ1v) is 11.2. The van der Waals surface area contributed by atoms with Gasteiger partial charge in [-0.25, -0.2) is 0 Å². The van der Waals surface area contributed by atoms with Crippen LogP contribution in [0.3, 0.4) is 0 Å². The van der Waals surface area contributed by atoms with Crippen LogP contribution in [0.25, 0.3) is 11.1 Å². The van der Waals surface area contributed by atoms with Crippen molar-refractivity contribution in [3.05, 3.63) is 47.5 Å². The number of rotatable bonds is 7. The van der Waals surface area contributed by atoms with Crippen molar-refractivity contribution in [1.29, 1.82) is 0 Å². The SMILES string of the molecule is CC(C)COc1cc(-c2[c]c(C(C)(C)C)cc(OCC(C)C)c2)[c]c(C(C)(C)C)c1. The zero-order valence-corrected chi connectivity index (χ0v) is 20.7. The minimum Gasteiger partial charge on any atom is -0.493 e. The van der Waals surface area contributed by atoms with Crippen molar-refractivity contribution < 1.29 is 9.47 Å². The summed E-state index contributed by atoms with van der Waals surface area (Å²) in [6, 6.07) is 15.7. The highest BCUT2D eigenvalue weighted by Crippen LogP contribution is 2.36. The fourth-order valence-corrected chi connectivity index (χ4v) is 2.88. The number of hydrogen-bond acceptors (Lipinski definition) is 2. The zero-order valence-electron chi connectivity index (χ0n) is 20.7. The Balaban J connectivity index is 2.59. The van der Waals surface area contributed by atoms with Crippen LogP contribution in [0.15, 0.2) is 24.3 Å². The summed E-state index contributed by atoms with van der Waals surface area (Å²) < 4.78 is 12.2. The van der Waals surface area contributed by atoms with Gasteiger partial charge < -0.3 is 9.47 Å². The van der Waals surface area contributed by atoms with Crippen molar-refractivity contribution >= 4 is 0 Å². The lowest BCUT2D eigenvalue weighted by molar-refractivity contribution is 0.270. The molecule has 164 valence electrons. The van der Waals surface area contributed by atoms with Crippen LogP contribution >= 0.6 is 0 Å². The van der Waals surface area contributed by atoms with Gasteiger partial charge >= 0.3 is 0 Å². The first-order valence-electron chi connectivity index (χ1n) is 11.2. The molecule has 2 nitrogen and oxygen atoms in total. The Labute approximate surface area is 185 Å². The van der Waals surface area contributed by atoms with E-state index in [9.17, 15) is 0 Å². The molecule has 0 atom stereocenters. The summed E-state index contributed by atoms with van der Waals surface area (Å²) in [4.78, 5) is 0. The van der Waals surface area contributed by atoms with Gasteiger partial charge in [-0.05, 0) is 81.3 Å². The minimum atomic E-state index is -0.0233. The first kappa shape index (κ1) is 24.3. The van der Waals surface area contributed by atoms with E-state index in [2.05, 4.69) is 106 Å². The second kappa shape index (κ2) is 9.45. The molecular weight excluding hydrogens is 368 g/mol. The molecule has 0 fully saturated rings. The standard InChI is InChI=1S/C28H40O2/c1-19(2)17-29-25-13-21(11-23(15-25)27(5,6)7)22-12-24(28(8,9)10)16-26(14-22)30-18-20(3)4/h13-16,19-20H,17-18H2,1-10H3. The van der Waals surface area contributed by atoms with E-state index in [1.807, 2.05) is 0 Å². The fourth-order valence-electron chi connectivity index (χ4n) is 2.88. The summed E-state index contributed by atoms with van der Waals surface area (Å²) in [5.41, 5.74) is 4.23. The third kappa shape index (κ3) is 7.07. The molecule has 0 aliphatic rings. The average Bonchev–Trinajstić information content (AvgIpc) is 2.62. The van der Waals surface area contributed by atoms with Crippen LogP contribution in [0.5, 0.6) is 11.5 Å². The third-order valence-electron chi connectivity index (χ3n) is 4.76. The lowest BCUT2D eigenvalue weighted by atomic mass is 9.83. The van der Waals surface area contributed by atoms with Crippen LogP contribution in [0, 0.1) is 24.0 Å². The number of ether oxygens (including phenoxy) is 2. The van der Waals surface area contributed by atoms with Crippen LogP contribution in [0.1, 0.15) is 80.4 Å². The fraction of sp³-hybridized carbons (Fsp3) is 0.571. The summed E-state index contributed by atoms with van der Waals surface area (Å²) in [6.45, 7) is 23.3. The molecule has 2 heteroatoms. The Kier molecular flexibility index (Phi) is 7.66. The largest absolute Gasteiger partial charge is 0.493 e. The van der Waals surface area contributed by atoms with Crippen molar-refractivity contribution in [1.82, 2.24) is 0 Å². The Hall–Kier alpha value is -1.96. The van der Waals surface area contributed by atoms with Gasteiger partial charge in [0.1, 0.15) is 11.5 Å². The molecule has 30 heavy (non-hydrogen) atoms. The lowest BCUT2D eigenvalue weighted by Crippen LogP contribution is -2.14. The molecule has 0 heterocycles. The maximum atomic E-state index is 6.11. The predicted molar refractivity (Wildman–Crippen MR) is 128 cm³/mol. The van der Waals surface area contributed by atoms with Crippen LogP contribution in [0.4, 0.5) is 0 Å². The summed E-state index contributed by atoms with van der Waals surface area (Å²) in [5.74, 6) is 2.73. The molecular formula is C28H40O2. The molecule has 0 saturated heterocycles. The zero-order chi connectivity index (χ0) is 22.7. The molecule has 2 radical (unpaired) electrons. The molecule has 0 amide bonds. The van der Waals surface area contributed by atoms with Gasteiger partial charge in [0.2, 0.25) is 0 Å². The second-order valence-electron chi connectivity index (χ2n) is 11.2. The van der Waals surface area contributed by atoms with E-state index in [1.165, 1.54) is 0 Å². The highest BCUT2D eigenvalue weighted by Gasteiger charge is 2.20. The van der Waals surface area contributed by atoms with Crippen LogP contribution in [-0.4, -0.2) is 13.2 Å². The molecule has 2 aromatic carbocycles. The maximum absolute atomic E-state index is 6.11. The van der Waals surface area contributed by atoms with Crippen molar-refractivity contribution in [2.24, 2.45) is 11.8 Å². The Morgan fingerprint density at radius 2 is 0.967 bits per heavy atom. The Morgan fingerprint density at radius 1 is 0.633 bits per heavy atom. The molecule has 0 spiro atoms. The highest BCUT2D eigenvalue weighted by atomic mass is 16.5. The minimum absolute atomic E-state index is 0.0233. The van der Waals surface area contributed by atoms with Gasteiger partial charge in [0.05, 0.1) is 13.2 Å². The summed E-state index contributed by atoms with van der Waals surface area (Å²) >= 11 is 0. The van der Waals surface area contributed by atoms with E-state index >= 15 is 0 Å². The van der Waals surface area contributed by atoms with Crippen molar-refractivity contribution in [2.45, 2.75) is 80.1 Å². The van der Waals surface area contributed by atoms with Crippen molar-refractivity contribution in [2.75, 3.05) is 13.2 Å². The molecule has 0 aromatic heterocycles. The Morgan fingerprint density at radius 3 is 1.23 bits per heavy atom. The monoisotopic (exact) mass is 408 g/mol. The van der Waals surface area contributed by atoms with Gasteiger partial charge in [-0.2, -0.15) is 0 Å². The van der Waals surface area contributed by atoms with E-state index in [0.29, 0.717) is 25.0 Å². The average molecular weight is 409 g/mol. The van der Waals surface area contributed by atoms with E-state index < -0.39 is 0 Å². The molecule has 2 rings (SSSR count). The smallest absolute Gasteiger partial charge is 0.120 e. The van der Waals surface area contributed by atoms with E-state index in [1.54, 1.807) is 0 Å². The summed E-state index contributed by atoms with van der Waals surface area (Å²) in [6.07, 6.45) is 0. The topological polar surface area (TPSA) is 18.5 Å². The van der Waals surface area contributed by atoms with Gasteiger partial charge in [0.15, 0.2) is 0 Å². The molecule has 0 unspecified atom stereocenters. The molecule has 0 N–H and O–H groups in total. The molecule has 0 aliphatic heterocycles.